The number of aromatic amines is 2. The van der Waals surface area contributed by atoms with Gasteiger partial charge in [0.1, 0.15) is 5.82 Å². The predicted octanol–water partition coefficient (Wildman–Crippen LogP) is 2.54. The van der Waals surface area contributed by atoms with Crippen molar-refractivity contribution in [2.75, 3.05) is 11.0 Å². The van der Waals surface area contributed by atoms with Crippen LogP contribution >= 0.6 is 0 Å². The van der Waals surface area contributed by atoms with Gasteiger partial charge in [0, 0.05) is 11.8 Å². The molecule has 0 unspecified atom stereocenters. The van der Waals surface area contributed by atoms with E-state index in [4.69, 9.17) is 0 Å². The number of nitrogens with one attached hydrogen (secondary N) is 3. The maximum Gasteiger partial charge on any atom is 0.314 e. The molecule has 0 amide bonds. The van der Waals surface area contributed by atoms with E-state index in [0.29, 0.717) is 5.56 Å². The van der Waals surface area contributed by atoms with Crippen molar-refractivity contribution in [3.05, 3.63) is 86.7 Å². The van der Waals surface area contributed by atoms with Crippen LogP contribution in [0.3, 0.4) is 0 Å². The number of halogens is 1. The molecular formula is C22H18FN3O6S2. The molecule has 0 aliphatic heterocycles. The quantitative estimate of drug-likeness (QED) is 0.357. The lowest BCUT2D eigenvalue weighted by Gasteiger charge is -2.14. The van der Waals surface area contributed by atoms with Gasteiger partial charge in [-0.05, 0) is 54.4 Å². The Balaban J connectivity index is 1.79. The maximum absolute atomic E-state index is 13.3. The van der Waals surface area contributed by atoms with Crippen LogP contribution in [0.1, 0.15) is 5.56 Å². The molecule has 0 bridgehead atoms. The third-order valence-corrected chi connectivity index (χ3v) is 7.76. The van der Waals surface area contributed by atoms with Crippen molar-refractivity contribution in [1.82, 2.24) is 9.97 Å². The molecule has 0 atom stereocenters. The van der Waals surface area contributed by atoms with E-state index >= 15 is 0 Å². The molecule has 3 aromatic carbocycles. The molecule has 0 saturated carbocycles. The first-order valence-corrected chi connectivity index (χ1v) is 13.1. The Hall–Kier alpha value is -3.77. The molecule has 4 aromatic rings. The molecule has 0 spiro atoms. The molecule has 12 heteroatoms. The number of H-pyrrole nitrogens is 2. The van der Waals surface area contributed by atoms with E-state index in [2.05, 4.69) is 14.7 Å². The third-order valence-electron chi connectivity index (χ3n) is 5.10. The summed E-state index contributed by atoms with van der Waals surface area (Å²) in [4.78, 5) is 27.5. The Labute approximate surface area is 193 Å². The number of aryl methyl sites for hydroxylation is 1. The van der Waals surface area contributed by atoms with Gasteiger partial charge in [-0.2, -0.15) is 0 Å². The van der Waals surface area contributed by atoms with Crippen molar-refractivity contribution < 1.29 is 21.2 Å². The Morgan fingerprint density at radius 2 is 1.38 bits per heavy atom. The van der Waals surface area contributed by atoms with Gasteiger partial charge in [0.25, 0.3) is 10.0 Å². The van der Waals surface area contributed by atoms with Crippen LogP contribution in [-0.2, 0) is 19.9 Å². The van der Waals surface area contributed by atoms with Crippen LogP contribution in [0.15, 0.2) is 74.0 Å². The number of benzene rings is 3. The zero-order valence-corrected chi connectivity index (χ0v) is 19.5. The first kappa shape index (κ1) is 23.4. The second-order valence-corrected chi connectivity index (χ2v) is 11.3. The SMILES string of the molecule is Cc1cc2[nH]c(=O)c(=O)[nH]c2cc1S(=O)(=O)Nc1ccc(-c2ccc(F)cc2)c(S(C)(=O)=O)c1. The Kier molecular flexibility index (Phi) is 5.66. The molecule has 4 rings (SSSR count). The van der Waals surface area contributed by atoms with E-state index in [9.17, 15) is 30.8 Å². The minimum absolute atomic E-state index is 0.0132. The van der Waals surface area contributed by atoms with Crippen LogP contribution in [0.5, 0.6) is 0 Å². The van der Waals surface area contributed by atoms with E-state index in [1.165, 1.54) is 61.5 Å². The Morgan fingerprint density at radius 1 is 0.794 bits per heavy atom. The monoisotopic (exact) mass is 503 g/mol. The van der Waals surface area contributed by atoms with Gasteiger partial charge >= 0.3 is 11.1 Å². The molecule has 0 aliphatic rings. The fraction of sp³-hybridized carbons (Fsp3) is 0.0909. The number of aromatic nitrogens is 2. The summed E-state index contributed by atoms with van der Waals surface area (Å²) in [7, 11) is -7.99. The Bertz CT molecular complexity index is 1770. The highest BCUT2D eigenvalue weighted by Crippen LogP contribution is 2.31. The Morgan fingerprint density at radius 3 is 1.97 bits per heavy atom. The van der Waals surface area contributed by atoms with Crippen molar-refractivity contribution in [3.8, 4) is 11.1 Å². The first-order valence-electron chi connectivity index (χ1n) is 9.75. The van der Waals surface area contributed by atoms with Crippen LogP contribution in [0.25, 0.3) is 22.2 Å². The normalized spacial score (nSPS) is 12.1. The first-order chi connectivity index (χ1) is 15.8. The molecule has 0 radical (unpaired) electrons. The zero-order valence-electron chi connectivity index (χ0n) is 17.8. The topological polar surface area (TPSA) is 146 Å². The van der Waals surface area contributed by atoms with E-state index in [1.54, 1.807) is 0 Å². The van der Waals surface area contributed by atoms with Crippen LogP contribution in [0.4, 0.5) is 10.1 Å². The second-order valence-electron chi connectivity index (χ2n) is 7.67. The third kappa shape index (κ3) is 4.50. The number of rotatable bonds is 5. The molecule has 1 heterocycles. The van der Waals surface area contributed by atoms with Crippen LogP contribution in [0.2, 0.25) is 0 Å². The van der Waals surface area contributed by atoms with Crippen molar-refractivity contribution in [3.63, 3.8) is 0 Å². The van der Waals surface area contributed by atoms with Gasteiger partial charge in [-0.1, -0.05) is 18.2 Å². The molecule has 1 aromatic heterocycles. The van der Waals surface area contributed by atoms with Crippen LogP contribution in [0, 0.1) is 12.7 Å². The average molecular weight is 504 g/mol. The largest absolute Gasteiger partial charge is 0.316 e. The van der Waals surface area contributed by atoms with Gasteiger partial charge in [0.2, 0.25) is 0 Å². The predicted molar refractivity (Wildman–Crippen MR) is 126 cm³/mol. The minimum atomic E-state index is -4.21. The standard InChI is InChI=1S/C22H18FN3O6S2/c1-12-9-17-18(25-22(28)21(27)24-17)11-19(12)34(31,32)26-15-7-8-16(20(10-15)33(2,29)30)13-3-5-14(23)6-4-13/h3-11,26H,1-2H3,(H,24,27)(H,25,28). The summed E-state index contributed by atoms with van der Waals surface area (Å²) in [5.41, 5.74) is -0.428. The van der Waals surface area contributed by atoms with E-state index in [0.717, 1.165) is 6.26 Å². The van der Waals surface area contributed by atoms with Crippen LogP contribution < -0.4 is 15.8 Å². The highest BCUT2D eigenvalue weighted by Gasteiger charge is 2.21. The number of anilines is 1. The summed E-state index contributed by atoms with van der Waals surface area (Å²) < 4.78 is 66.7. The zero-order chi connectivity index (χ0) is 24.8. The summed E-state index contributed by atoms with van der Waals surface area (Å²) in [5, 5.41) is 0. The van der Waals surface area contributed by atoms with Gasteiger partial charge in [-0.15, -0.1) is 0 Å². The smallest absolute Gasteiger partial charge is 0.314 e. The number of fused-ring (bicyclic) bond motifs is 1. The number of hydrogen-bond acceptors (Lipinski definition) is 6. The van der Waals surface area contributed by atoms with E-state index in [1.807, 2.05) is 0 Å². The van der Waals surface area contributed by atoms with E-state index < -0.39 is 36.8 Å². The van der Waals surface area contributed by atoms with Gasteiger partial charge in [-0.3, -0.25) is 14.3 Å². The van der Waals surface area contributed by atoms with Gasteiger partial charge < -0.3 is 9.97 Å². The lowest BCUT2D eigenvalue weighted by molar-refractivity contribution is 0.598. The molecule has 3 N–H and O–H groups in total. The highest BCUT2D eigenvalue weighted by molar-refractivity contribution is 7.92. The number of sulfone groups is 1. The van der Waals surface area contributed by atoms with Crippen molar-refractivity contribution >= 4 is 36.6 Å². The van der Waals surface area contributed by atoms with Crippen LogP contribution in [-0.4, -0.2) is 33.1 Å². The fourth-order valence-corrected chi connectivity index (χ4v) is 5.74. The summed E-state index contributed by atoms with van der Waals surface area (Å²) in [5.74, 6) is -0.481. The minimum Gasteiger partial charge on any atom is -0.316 e. The molecule has 9 nitrogen and oxygen atoms in total. The number of sulfonamides is 1. The maximum atomic E-state index is 13.3. The highest BCUT2D eigenvalue weighted by atomic mass is 32.2. The van der Waals surface area contributed by atoms with Gasteiger partial charge in [0.05, 0.1) is 26.5 Å². The summed E-state index contributed by atoms with van der Waals surface area (Å²) in [6.07, 6.45) is 0.984. The lowest BCUT2D eigenvalue weighted by Crippen LogP contribution is -2.29. The molecule has 0 saturated heterocycles. The average Bonchev–Trinajstić information content (AvgIpc) is 2.74. The summed E-state index contributed by atoms with van der Waals surface area (Å²) in [6.45, 7) is 1.51. The van der Waals surface area contributed by atoms with Crippen molar-refractivity contribution in [2.45, 2.75) is 16.7 Å². The summed E-state index contributed by atoms with van der Waals surface area (Å²) >= 11 is 0. The fourth-order valence-electron chi connectivity index (χ4n) is 3.51. The van der Waals surface area contributed by atoms with Gasteiger partial charge in [0.15, 0.2) is 9.84 Å². The van der Waals surface area contributed by atoms with Crippen molar-refractivity contribution in [2.24, 2.45) is 0 Å². The van der Waals surface area contributed by atoms with E-state index in [-0.39, 0.29) is 37.6 Å². The lowest BCUT2D eigenvalue weighted by atomic mass is 10.1. The molecule has 0 aliphatic carbocycles. The van der Waals surface area contributed by atoms with Crippen molar-refractivity contribution in [1.29, 1.82) is 0 Å². The number of hydrogen-bond donors (Lipinski definition) is 3. The second kappa shape index (κ2) is 8.22. The van der Waals surface area contributed by atoms with Gasteiger partial charge in [-0.25, -0.2) is 21.2 Å². The summed E-state index contributed by atoms with van der Waals surface area (Å²) in [6, 6.07) is 11.8. The molecule has 34 heavy (non-hydrogen) atoms. The molecular weight excluding hydrogens is 485 g/mol. The molecule has 176 valence electrons. The molecule has 0 fully saturated rings.